The summed E-state index contributed by atoms with van der Waals surface area (Å²) in [4.78, 5) is 24.2. The number of aliphatic carboxylic acids is 1. The quantitative estimate of drug-likeness (QED) is 0.864. The molecule has 2 N–H and O–H groups in total. The summed E-state index contributed by atoms with van der Waals surface area (Å²) in [6, 6.07) is 7.14. The maximum Gasteiger partial charge on any atom is 0.311 e. The van der Waals surface area contributed by atoms with Crippen molar-refractivity contribution in [2.75, 3.05) is 19.8 Å². The summed E-state index contributed by atoms with van der Waals surface area (Å²) in [7, 11) is 0. The van der Waals surface area contributed by atoms with E-state index in [-0.39, 0.29) is 12.5 Å². The predicted molar refractivity (Wildman–Crippen MR) is 87.6 cm³/mol. The van der Waals surface area contributed by atoms with Gasteiger partial charge in [0.2, 0.25) is 5.91 Å². The van der Waals surface area contributed by atoms with E-state index in [9.17, 15) is 14.7 Å². The van der Waals surface area contributed by atoms with Crippen molar-refractivity contribution in [2.45, 2.75) is 32.1 Å². The Hall–Kier alpha value is -1.59. The van der Waals surface area contributed by atoms with Crippen LogP contribution in [0.1, 0.15) is 32.3 Å². The van der Waals surface area contributed by atoms with Gasteiger partial charge in [0.25, 0.3) is 0 Å². The highest BCUT2D eigenvalue weighted by atomic mass is 35.5. The Balaban J connectivity index is 2.09. The molecule has 0 aliphatic carbocycles. The minimum Gasteiger partial charge on any atom is -0.481 e. The molecule has 1 aromatic carbocycles. The Morgan fingerprint density at radius 3 is 2.57 bits per heavy atom. The van der Waals surface area contributed by atoms with Crippen LogP contribution in [0.3, 0.4) is 0 Å². The van der Waals surface area contributed by atoms with E-state index < -0.39 is 16.8 Å². The fraction of sp³-hybridized carbons (Fsp3) is 0.529. The molecular formula is C17H22ClNO4. The molecule has 1 heterocycles. The number of carboxylic acid groups (broad SMARTS) is 1. The molecule has 0 aromatic heterocycles. The van der Waals surface area contributed by atoms with Gasteiger partial charge in [-0.3, -0.25) is 9.59 Å². The molecule has 1 fully saturated rings. The van der Waals surface area contributed by atoms with E-state index in [2.05, 4.69) is 5.32 Å². The number of carboxylic acids is 1. The first-order valence-corrected chi connectivity index (χ1v) is 8.01. The fourth-order valence-electron chi connectivity index (χ4n) is 2.71. The third kappa shape index (κ3) is 3.85. The molecule has 1 aliphatic heterocycles. The lowest BCUT2D eigenvalue weighted by molar-refractivity contribution is -0.154. The monoisotopic (exact) mass is 339 g/mol. The second kappa shape index (κ2) is 6.89. The van der Waals surface area contributed by atoms with Crippen molar-refractivity contribution in [3.05, 3.63) is 34.9 Å². The lowest BCUT2D eigenvalue weighted by Crippen LogP contribution is -2.50. The van der Waals surface area contributed by atoms with E-state index in [1.54, 1.807) is 32.0 Å². The van der Waals surface area contributed by atoms with Crippen LogP contribution >= 0.6 is 11.6 Å². The number of hydrogen-bond acceptors (Lipinski definition) is 3. The number of benzene rings is 1. The highest BCUT2D eigenvalue weighted by Crippen LogP contribution is 2.31. The zero-order valence-electron chi connectivity index (χ0n) is 13.4. The second-order valence-corrected chi connectivity index (χ2v) is 6.95. The van der Waals surface area contributed by atoms with Crippen LogP contribution in [0.5, 0.6) is 0 Å². The minimum absolute atomic E-state index is 0.106. The molecule has 6 heteroatoms. The Bertz CT molecular complexity index is 594. The van der Waals surface area contributed by atoms with Crippen LogP contribution < -0.4 is 5.32 Å². The topological polar surface area (TPSA) is 75.6 Å². The van der Waals surface area contributed by atoms with E-state index in [1.165, 1.54) is 0 Å². The SMILES string of the molecule is CC(C)(C(=O)NCC1(C(=O)O)CCOCC1)c1cccc(Cl)c1. The summed E-state index contributed by atoms with van der Waals surface area (Å²) in [5.74, 6) is -1.10. The molecular weight excluding hydrogens is 318 g/mol. The van der Waals surface area contributed by atoms with Crippen LogP contribution in [0.25, 0.3) is 0 Å². The van der Waals surface area contributed by atoms with Gasteiger partial charge < -0.3 is 15.2 Å². The Morgan fingerprint density at radius 2 is 2.00 bits per heavy atom. The van der Waals surface area contributed by atoms with Gasteiger partial charge in [-0.1, -0.05) is 23.7 Å². The fourth-order valence-corrected chi connectivity index (χ4v) is 2.90. The van der Waals surface area contributed by atoms with Crippen LogP contribution in [-0.2, 0) is 19.7 Å². The zero-order chi connectivity index (χ0) is 17.1. The van der Waals surface area contributed by atoms with E-state index >= 15 is 0 Å². The van der Waals surface area contributed by atoms with Gasteiger partial charge in [0.15, 0.2) is 0 Å². The molecule has 0 spiro atoms. The molecule has 2 rings (SSSR count). The number of rotatable bonds is 5. The van der Waals surface area contributed by atoms with E-state index in [0.717, 1.165) is 5.56 Å². The van der Waals surface area contributed by atoms with Crippen LogP contribution in [0.4, 0.5) is 0 Å². The van der Waals surface area contributed by atoms with Gasteiger partial charge in [0, 0.05) is 24.8 Å². The standard InChI is InChI=1S/C17H22ClNO4/c1-16(2,12-4-3-5-13(18)10-12)14(20)19-11-17(15(21)22)6-8-23-9-7-17/h3-5,10H,6-9,11H2,1-2H3,(H,19,20)(H,21,22). The third-order valence-corrected chi connectivity index (χ3v) is 4.84. The summed E-state index contributed by atoms with van der Waals surface area (Å²) in [5.41, 5.74) is -0.951. The number of halogens is 1. The van der Waals surface area contributed by atoms with Gasteiger partial charge in [-0.15, -0.1) is 0 Å². The van der Waals surface area contributed by atoms with Crippen LogP contribution in [-0.4, -0.2) is 36.7 Å². The van der Waals surface area contributed by atoms with Gasteiger partial charge in [-0.05, 0) is 44.4 Å². The Kier molecular flexibility index (Phi) is 5.32. The van der Waals surface area contributed by atoms with Crippen molar-refractivity contribution in [3.63, 3.8) is 0 Å². The van der Waals surface area contributed by atoms with E-state index in [4.69, 9.17) is 16.3 Å². The normalized spacial score (nSPS) is 17.5. The maximum atomic E-state index is 12.6. The summed E-state index contributed by atoms with van der Waals surface area (Å²) in [5, 5.41) is 12.9. The summed E-state index contributed by atoms with van der Waals surface area (Å²) in [6.45, 7) is 4.51. The predicted octanol–water partition coefficient (Wildman–Crippen LogP) is 2.62. The molecule has 0 atom stereocenters. The molecule has 1 amide bonds. The average molecular weight is 340 g/mol. The minimum atomic E-state index is -0.946. The van der Waals surface area contributed by atoms with Crippen molar-refractivity contribution >= 4 is 23.5 Å². The molecule has 0 bridgehead atoms. The number of carbonyl (C=O) groups excluding carboxylic acids is 1. The van der Waals surface area contributed by atoms with Gasteiger partial charge in [-0.2, -0.15) is 0 Å². The van der Waals surface area contributed by atoms with Gasteiger partial charge in [0.05, 0.1) is 10.8 Å². The molecule has 0 radical (unpaired) electrons. The maximum absolute atomic E-state index is 12.6. The van der Waals surface area contributed by atoms with Crippen LogP contribution in [0, 0.1) is 5.41 Å². The second-order valence-electron chi connectivity index (χ2n) is 6.52. The first-order chi connectivity index (χ1) is 10.8. The molecule has 5 nitrogen and oxygen atoms in total. The number of nitrogens with one attached hydrogen (secondary N) is 1. The average Bonchev–Trinajstić information content (AvgIpc) is 2.53. The largest absolute Gasteiger partial charge is 0.481 e. The number of carbonyl (C=O) groups is 2. The highest BCUT2D eigenvalue weighted by Gasteiger charge is 2.41. The van der Waals surface area contributed by atoms with Crippen molar-refractivity contribution in [3.8, 4) is 0 Å². The van der Waals surface area contributed by atoms with E-state index in [1.807, 2.05) is 6.07 Å². The van der Waals surface area contributed by atoms with Crippen molar-refractivity contribution in [1.82, 2.24) is 5.32 Å². The molecule has 1 saturated heterocycles. The molecule has 1 aliphatic rings. The Morgan fingerprint density at radius 1 is 1.35 bits per heavy atom. The molecule has 0 unspecified atom stereocenters. The van der Waals surface area contributed by atoms with E-state index in [0.29, 0.717) is 31.1 Å². The highest BCUT2D eigenvalue weighted by molar-refractivity contribution is 6.30. The third-order valence-electron chi connectivity index (χ3n) is 4.60. The van der Waals surface area contributed by atoms with Crippen LogP contribution in [0.15, 0.2) is 24.3 Å². The summed E-state index contributed by atoms with van der Waals surface area (Å²) < 4.78 is 5.24. The molecule has 1 aromatic rings. The zero-order valence-corrected chi connectivity index (χ0v) is 14.2. The van der Waals surface area contributed by atoms with Crippen LogP contribution in [0.2, 0.25) is 5.02 Å². The van der Waals surface area contributed by atoms with Crippen molar-refractivity contribution < 1.29 is 19.4 Å². The van der Waals surface area contributed by atoms with Gasteiger partial charge in [0.1, 0.15) is 0 Å². The summed E-state index contributed by atoms with van der Waals surface area (Å²) >= 11 is 5.99. The molecule has 0 saturated carbocycles. The number of amides is 1. The number of hydrogen-bond donors (Lipinski definition) is 2. The smallest absolute Gasteiger partial charge is 0.311 e. The molecule has 23 heavy (non-hydrogen) atoms. The molecule has 126 valence electrons. The Labute approximate surface area is 141 Å². The van der Waals surface area contributed by atoms with Gasteiger partial charge >= 0.3 is 5.97 Å². The first-order valence-electron chi connectivity index (χ1n) is 7.63. The summed E-state index contributed by atoms with van der Waals surface area (Å²) in [6.07, 6.45) is 0.806. The number of ether oxygens (including phenoxy) is 1. The lowest BCUT2D eigenvalue weighted by atomic mass is 9.79. The van der Waals surface area contributed by atoms with Crippen molar-refractivity contribution in [1.29, 1.82) is 0 Å². The van der Waals surface area contributed by atoms with Gasteiger partial charge in [-0.25, -0.2) is 0 Å². The van der Waals surface area contributed by atoms with Crippen molar-refractivity contribution in [2.24, 2.45) is 5.41 Å². The lowest BCUT2D eigenvalue weighted by Gasteiger charge is -2.34. The first kappa shape index (κ1) is 17.8.